The number of thiocarbonyl (C=S) groups is 1. The predicted octanol–water partition coefficient (Wildman–Crippen LogP) is 3.28. The summed E-state index contributed by atoms with van der Waals surface area (Å²) in [6.07, 6.45) is 1.43. The van der Waals surface area contributed by atoms with Crippen LogP contribution in [0.25, 0.3) is 11.3 Å². The fourth-order valence-electron chi connectivity index (χ4n) is 1.77. The number of nitrogens with zero attached hydrogens (tertiary/aromatic N) is 2. The van der Waals surface area contributed by atoms with Crippen molar-refractivity contribution in [1.29, 1.82) is 0 Å². The number of rotatable bonds is 3. The number of carbonyl (C=O) groups excluding carboxylic acids is 1. The van der Waals surface area contributed by atoms with E-state index in [0.717, 1.165) is 5.56 Å². The Kier molecular flexibility index (Phi) is 3.85. The second kappa shape index (κ2) is 5.79. The van der Waals surface area contributed by atoms with E-state index in [1.54, 1.807) is 24.3 Å². The monoisotopic (exact) mass is 320 g/mol. The average Bonchev–Trinajstić information content (AvgIpc) is 3.06. The Bertz CT molecular complexity index is 709. The molecule has 1 saturated heterocycles. The molecular formula is C14H9FN2O2S2. The molecule has 1 aromatic carbocycles. The number of hydrazone groups is 1. The minimum absolute atomic E-state index is 0.147. The van der Waals surface area contributed by atoms with Crippen LogP contribution >= 0.6 is 24.0 Å². The van der Waals surface area contributed by atoms with Crippen LogP contribution in [0.4, 0.5) is 4.39 Å². The van der Waals surface area contributed by atoms with Crippen LogP contribution < -0.4 is 0 Å². The standard InChI is InChI=1S/C14H9FN2O2S2/c15-10-3-1-9(2-4-10)12-6-5-11(19-12)7-16-17-13(18)8-21-14(17)20/h1-7H,8H2. The van der Waals surface area contributed by atoms with Crippen molar-refractivity contribution in [1.82, 2.24) is 5.01 Å². The molecule has 0 bridgehead atoms. The zero-order valence-corrected chi connectivity index (χ0v) is 12.3. The van der Waals surface area contributed by atoms with E-state index in [2.05, 4.69) is 5.10 Å². The number of amides is 1. The first-order chi connectivity index (χ1) is 10.1. The summed E-state index contributed by atoms with van der Waals surface area (Å²) in [5.74, 6) is 0.954. The first-order valence-corrected chi connectivity index (χ1v) is 7.42. The highest BCUT2D eigenvalue weighted by Crippen LogP contribution is 2.22. The molecule has 2 heterocycles. The maximum Gasteiger partial charge on any atom is 0.259 e. The van der Waals surface area contributed by atoms with Gasteiger partial charge in [0.1, 0.15) is 17.3 Å². The molecule has 4 nitrogen and oxygen atoms in total. The summed E-state index contributed by atoms with van der Waals surface area (Å²) >= 11 is 6.30. The molecule has 2 aromatic rings. The molecule has 3 rings (SSSR count). The molecule has 7 heteroatoms. The number of benzene rings is 1. The van der Waals surface area contributed by atoms with E-state index >= 15 is 0 Å². The maximum atomic E-state index is 12.9. The number of thioether (sulfide) groups is 1. The van der Waals surface area contributed by atoms with Gasteiger partial charge in [-0.1, -0.05) is 24.0 Å². The molecule has 0 aliphatic carbocycles. The summed E-state index contributed by atoms with van der Waals surface area (Å²) in [4.78, 5) is 11.5. The van der Waals surface area contributed by atoms with Crippen LogP contribution in [0.1, 0.15) is 5.76 Å². The molecule has 0 radical (unpaired) electrons. The van der Waals surface area contributed by atoms with Gasteiger partial charge in [0.2, 0.25) is 0 Å². The third-order valence-electron chi connectivity index (χ3n) is 2.78. The summed E-state index contributed by atoms with van der Waals surface area (Å²) in [5.41, 5.74) is 0.763. The fraction of sp³-hybridized carbons (Fsp3) is 0.0714. The first kappa shape index (κ1) is 14.0. The van der Waals surface area contributed by atoms with Crippen molar-refractivity contribution in [3.63, 3.8) is 0 Å². The molecule has 1 aliphatic rings. The first-order valence-electron chi connectivity index (χ1n) is 6.03. The molecule has 0 atom stereocenters. The van der Waals surface area contributed by atoms with Gasteiger partial charge < -0.3 is 4.42 Å². The summed E-state index contributed by atoms with van der Waals surface area (Å²) in [6, 6.07) is 9.47. The SMILES string of the molecule is O=C1CSC(=S)N1N=Cc1ccc(-c2ccc(F)cc2)o1. The zero-order valence-electron chi connectivity index (χ0n) is 10.7. The molecule has 21 heavy (non-hydrogen) atoms. The largest absolute Gasteiger partial charge is 0.455 e. The maximum absolute atomic E-state index is 12.9. The van der Waals surface area contributed by atoms with Gasteiger partial charge in [-0.15, -0.1) is 0 Å². The van der Waals surface area contributed by atoms with Gasteiger partial charge in [0, 0.05) is 5.56 Å². The molecule has 0 saturated carbocycles. The van der Waals surface area contributed by atoms with Gasteiger partial charge in [-0.3, -0.25) is 4.79 Å². The molecule has 106 valence electrons. The highest BCUT2D eigenvalue weighted by Gasteiger charge is 2.26. The number of halogens is 1. The van der Waals surface area contributed by atoms with E-state index in [-0.39, 0.29) is 11.7 Å². The summed E-state index contributed by atoms with van der Waals surface area (Å²) in [6.45, 7) is 0. The number of hydrogen-bond acceptors (Lipinski definition) is 5. The highest BCUT2D eigenvalue weighted by molar-refractivity contribution is 8.23. The number of carbonyl (C=O) groups is 1. The van der Waals surface area contributed by atoms with Crippen molar-refractivity contribution in [3.05, 3.63) is 48.0 Å². The van der Waals surface area contributed by atoms with Gasteiger partial charge in [-0.05, 0) is 36.4 Å². The van der Waals surface area contributed by atoms with Gasteiger partial charge in [-0.25, -0.2) is 4.39 Å². The van der Waals surface area contributed by atoms with Crippen molar-refractivity contribution >= 4 is 40.4 Å². The molecule has 0 unspecified atom stereocenters. The van der Waals surface area contributed by atoms with Crippen LogP contribution in [-0.2, 0) is 4.79 Å². The van der Waals surface area contributed by atoms with Crippen molar-refractivity contribution in [2.75, 3.05) is 5.75 Å². The Hall–Kier alpha value is -1.99. The van der Waals surface area contributed by atoms with Crippen LogP contribution in [0.5, 0.6) is 0 Å². The molecule has 0 N–H and O–H groups in total. The lowest BCUT2D eigenvalue weighted by Crippen LogP contribution is -2.22. The second-order valence-corrected chi connectivity index (χ2v) is 5.82. The van der Waals surface area contributed by atoms with Crippen molar-refractivity contribution in [2.45, 2.75) is 0 Å². The topological polar surface area (TPSA) is 45.8 Å². The summed E-state index contributed by atoms with van der Waals surface area (Å²) in [7, 11) is 0. The minimum Gasteiger partial charge on any atom is -0.455 e. The smallest absolute Gasteiger partial charge is 0.259 e. The van der Waals surface area contributed by atoms with Gasteiger partial charge in [-0.2, -0.15) is 10.1 Å². The van der Waals surface area contributed by atoms with E-state index in [4.69, 9.17) is 16.6 Å². The number of hydrogen-bond donors (Lipinski definition) is 0. The highest BCUT2D eigenvalue weighted by atomic mass is 32.2. The van der Waals surface area contributed by atoms with Crippen molar-refractivity contribution in [3.8, 4) is 11.3 Å². The normalized spacial score (nSPS) is 15.4. The van der Waals surface area contributed by atoms with Crippen LogP contribution in [0.3, 0.4) is 0 Å². The van der Waals surface area contributed by atoms with E-state index in [1.165, 1.54) is 35.1 Å². The van der Waals surface area contributed by atoms with Crippen molar-refractivity contribution < 1.29 is 13.6 Å². The van der Waals surface area contributed by atoms with Gasteiger partial charge in [0.25, 0.3) is 5.91 Å². The molecule has 1 fully saturated rings. The van der Waals surface area contributed by atoms with Gasteiger partial charge in [0.15, 0.2) is 4.32 Å². The van der Waals surface area contributed by atoms with Crippen LogP contribution in [0.2, 0.25) is 0 Å². The van der Waals surface area contributed by atoms with E-state index < -0.39 is 0 Å². The van der Waals surface area contributed by atoms with Crippen LogP contribution in [-0.4, -0.2) is 27.2 Å². The quantitative estimate of drug-likeness (QED) is 0.643. The molecule has 1 amide bonds. The Balaban J connectivity index is 1.77. The predicted molar refractivity (Wildman–Crippen MR) is 83.6 cm³/mol. The fourth-order valence-corrected chi connectivity index (χ4v) is 2.73. The molecule has 0 spiro atoms. The molecule has 1 aliphatic heterocycles. The lowest BCUT2D eigenvalue weighted by molar-refractivity contribution is -0.123. The lowest BCUT2D eigenvalue weighted by Gasteiger charge is -2.05. The van der Waals surface area contributed by atoms with Crippen molar-refractivity contribution in [2.24, 2.45) is 5.10 Å². The van der Waals surface area contributed by atoms with Gasteiger partial charge >= 0.3 is 0 Å². The summed E-state index contributed by atoms with van der Waals surface area (Å²) in [5, 5.41) is 5.20. The van der Waals surface area contributed by atoms with E-state index in [9.17, 15) is 9.18 Å². The zero-order chi connectivity index (χ0) is 14.8. The third kappa shape index (κ3) is 3.03. The molecular weight excluding hydrogens is 311 g/mol. The number of furan rings is 1. The Labute approximate surface area is 129 Å². The van der Waals surface area contributed by atoms with Gasteiger partial charge in [0.05, 0.1) is 12.0 Å². The Morgan fingerprint density at radius 1 is 1.29 bits per heavy atom. The van der Waals surface area contributed by atoms with Crippen LogP contribution in [0.15, 0.2) is 45.9 Å². The van der Waals surface area contributed by atoms with E-state index in [1.807, 2.05) is 0 Å². The lowest BCUT2D eigenvalue weighted by atomic mass is 10.2. The Morgan fingerprint density at radius 3 is 2.71 bits per heavy atom. The van der Waals surface area contributed by atoms with E-state index in [0.29, 0.717) is 21.6 Å². The van der Waals surface area contributed by atoms with Crippen LogP contribution in [0, 0.1) is 5.82 Å². The second-order valence-electron chi connectivity index (χ2n) is 4.21. The Morgan fingerprint density at radius 2 is 2.05 bits per heavy atom. The average molecular weight is 320 g/mol. The third-order valence-corrected chi connectivity index (χ3v) is 4.12. The summed E-state index contributed by atoms with van der Waals surface area (Å²) < 4.78 is 18.9. The minimum atomic E-state index is -0.300. The molecule has 1 aromatic heterocycles.